The second-order valence-electron chi connectivity index (χ2n) is 5.52. The summed E-state index contributed by atoms with van der Waals surface area (Å²) in [5.74, 6) is 0.583. The van der Waals surface area contributed by atoms with Gasteiger partial charge in [0.2, 0.25) is 0 Å². The van der Waals surface area contributed by atoms with E-state index in [1.165, 1.54) is 16.9 Å². The van der Waals surface area contributed by atoms with E-state index >= 15 is 0 Å². The molecule has 1 aromatic carbocycles. The van der Waals surface area contributed by atoms with E-state index in [1.54, 1.807) is 6.07 Å². The van der Waals surface area contributed by atoms with Crippen LogP contribution < -0.4 is 5.32 Å². The molecule has 0 aliphatic heterocycles. The molecule has 1 N–H and O–H groups in total. The molecular formula is C16H20N2O2S. The fourth-order valence-corrected chi connectivity index (χ4v) is 3.02. The predicted octanol–water partition coefficient (Wildman–Crippen LogP) is 4.53. The third-order valence-corrected chi connectivity index (χ3v) is 4.21. The van der Waals surface area contributed by atoms with Crippen LogP contribution in [0.3, 0.4) is 0 Å². The quantitative estimate of drug-likeness (QED) is 0.604. The van der Waals surface area contributed by atoms with E-state index in [4.69, 9.17) is 0 Å². The number of thiophene rings is 1. The van der Waals surface area contributed by atoms with Gasteiger partial charge in [-0.2, -0.15) is 0 Å². The van der Waals surface area contributed by atoms with Crippen molar-refractivity contribution in [2.24, 2.45) is 5.92 Å². The van der Waals surface area contributed by atoms with Crippen molar-refractivity contribution >= 4 is 16.3 Å². The highest BCUT2D eigenvalue weighted by Crippen LogP contribution is 2.25. The fraction of sp³-hybridized carbons (Fsp3) is 0.375. The van der Waals surface area contributed by atoms with E-state index < -0.39 is 0 Å². The molecule has 2 rings (SSSR count). The van der Waals surface area contributed by atoms with Gasteiger partial charge in [0.15, 0.2) is 0 Å². The first-order valence-corrected chi connectivity index (χ1v) is 7.94. The first-order chi connectivity index (χ1) is 10.1. The van der Waals surface area contributed by atoms with Gasteiger partial charge in [0, 0.05) is 24.0 Å². The van der Waals surface area contributed by atoms with E-state index in [2.05, 4.69) is 31.3 Å². The summed E-state index contributed by atoms with van der Waals surface area (Å²) in [6.45, 7) is 5.05. The number of rotatable bonds is 7. The van der Waals surface area contributed by atoms with Crippen LogP contribution in [0, 0.1) is 16.0 Å². The molecule has 1 heterocycles. The van der Waals surface area contributed by atoms with Crippen LogP contribution in [0.25, 0.3) is 0 Å². The Kier molecular flexibility index (Phi) is 5.47. The molecule has 0 saturated heterocycles. The average Bonchev–Trinajstić information content (AvgIpc) is 2.93. The van der Waals surface area contributed by atoms with Crippen molar-refractivity contribution in [1.82, 2.24) is 5.32 Å². The summed E-state index contributed by atoms with van der Waals surface area (Å²) in [5, 5.41) is 16.3. The summed E-state index contributed by atoms with van der Waals surface area (Å²) in [7, 11) is 0. The zero-order valence-electron chi connectivity index (χ0n) is 12.3. The molecule has 0 bridgehead atoms. The van der Waals surface area contributed by atoms with Crippen molar-refractivity contribution in [2.75, 3.05) is 0 Å². The SMILES string of the molecule is CC(C)CC(NCc1csc([N+](=O)[O-])c1)c1ccccc1. The fourth-order valence-electron chi connectivity index (χ4n) is 2.29. The zero-order valence-corrected chi connectivity index (χ0v) is 13.1. The Hall–Kier alpha value is -1.72. The van der Waals surface area contributed by atoms with Crippen molar-refractivity contribution in [2.45, 2.75) is 32.9 Å². The van der Waals surface area contributed by atoms with Gasteiger partial charge in [-0.05, 0) is 23.5 Å². The molecule has 1 aromatic heterocycles. The smallest absolute Gasteiger partial charge is 0.306 e. The number of nitro groups is 1. The first kappa shape index (κ1) is 15.7. The van der Waals surface area contributed by atoms with Crippen LogP contribution in [0.4, 0.5) is 5.00 Å². The second-order valence-corrected chi connectivity index (χ2v) is 6.41. The van der Waals surface area contributed by atoms with E-state index in [0.717, 1.165) is 12.0 Å². The van der Waals surface area contributed by atoms with Crippen LogP contribution >= 0.6 is 11.3 Å². The van der Waals surface area contributed by atoms with E-state index in [-0.39, 0.29) is 16.0 Å². The molecule has 0 amide bonds. The van der Waals surface area contributed by atoms with E-state index in [1.807, 2.05) is 23.6 Å². The molecule has 21 heavy (non-hydrogen) atoms. The second kappa shape index (κ2) is 7.33. The topological polar surface area (TPSA) is 55.2 Å². The molecule has 1 atom stereocenters. The minimum Gasteiger partial charge on any atom is -0.306 e. The van der Waals surface area contributed by atoms with Gasteiger partial charge in [-0.3, -0.25) is 10.1 Å². The number of hydrogen-bond donors (Lipinski definition) is 1. The highest BCUT2D eigenvalue weighted by Gasteiger charge is 2.14. The minimum atomic E-state index is -0.336. The van der Waals surface area contributed by atoms with Gasteiger partial charge in [-0.1, -0.05) is 55.5 Å². The lowest BCUT2D eigenvalue weighted by molar-refractivity contribution is -0.380. The van der Waals surface area contributed by atoms with Gasteiger partial charge in [-0.25, -0.2) is 0 Å². The maximum absolute atomic E-state index is 10.7. The summed E-state index contributed by atoms with van der Waals surface area (Å²) >= 11 is 1.18. The van der Waals surface area contributed by atoms with Gasteiger partial charge >= 0.3 is 5.00 Å². The van der Waals surface area contributed by atoms with Crippen molar-refractivity contribution in [3.05, 3.63) is 63.0 Å². The Bertz CT molecular complexity index is 581. The highest BCUT2D eigenvalue weighted by molar-refractivity contribution is 7.13. The van der Waals surface area contributed by atoms with Gasteiger partial charge in [0.05, 0.1) is 4.92 Å². The standard InChI is InChI=1S/C16H20N2O2S/c1-12(2)8-15(14-6-4-3-5-7-14)17-10-13-9-16(18(19)20)21-11-13/h3-7,9,11-12,15,17H,8,10H2,1-2H3. The number of hydrogen-bond acceptors (Lipinski definition) is 4. The molecule has 112 valence electrons. The summed E-state index contributed by atoms with van der Waals surface area (Å²) in [6, 6.07) is 12.3. The maximum Gasteiger partial charge on any atom is 0.324 e. The third-order valence-electron chi connectivity index (χ3n) is 3.28. The van der Waals surface area contributed by atoms with Gasteiger partial charge in [0.1, 0.15) is 0 Å². The average molecular weight is 304 g/mol. The van der Waals surface area contributed by atoms with Gasteiger partial charge in [-0.15, -0.1) is 0 Å². The Morgan fingerprint density at radius 1 is 1.29 bits per heavy atom. The number of nitrogens with zero attached hydrogens (tertiary/aromatic N) is 1. The van der Waals surface area contributed by atoms with Gasteiger partial charge < -0.3 is 5.32 Å². The number of nitrogens with one attached hydrogen (secondary N) is 1. The molecule has 1 unspecified atom stereocenters. The van der Waals surface area contributed by atoms with Crippen LogP contribution in [0.15, 0.2) is 41.8 Å². The summed E-state index contributed by atoms with van der Waals surface area (Å²) in [4.78, 5) is 10.4. The lowest BCUT2D eigenvalue weighted by Crippen LogP contribution is -2.22. The molecular weight excluding hydrogens is 284 g/mol. The monoisotopic (exact) mass is 304 g/mol. The van der Waals surface area contributed by atoms with Crippen LogP contribution in [0.1, 0.15) is 37.4 Å². The normalized spacial score (nSPS) is 12.5. The molecule has 0 fully saturated rings. The molecule has 5 heteroatoms. The van der Waals surface area contributed by atoms with Crippen LogP contribution in [0.2, 0.25) is 0 Å². The number of benzene rings is 1. The molecule has 0 spiro atoms. The van der Waals surface area contributed by atoms with Crippen LogP contribution in [-0.4, -0.2) is 4.92 Å². The first-order valence-electron chi connectivity index (χ1n) is 7.06. The Labute approximate surface area is 129 Å². The maximum atomic E-state index is 10.7. The third kappa shape index (κ3) is 4.65. The lowest BCUT2D eigenvalue weighted by atomic mass is 9.97. The van der Waals surface area contributed by atoms with Crippen LogP contribution in [-0.2, 0) is 6.54 Å². The zero-order chi connectivity index (χ0) is 15.2. The predicted molar refractivity (Wildman–Crippen MR) is 86.5 cm³/mol. The van der Waals surface area contributed by atoms with E-state index in [0.29, 0.717) is 12.5 Å². The summed E-state index contributed by atoms with van der Waals surface area (Å²) in [6.07, 6.45) is 1.04. The largest absolute Gasteiger partial charge is 0.324 e. The van der Waals surface area contributed by atoms with Crippen LogP contribution in [0.5, 0.6) is 0 Å². The van der Waals surface area contributed by atoms with Crippen molar-refractivity contribution in [1.29, 1.82) is 0 Å². The van der Waals surface area contributed by atoms with Crippen molar-refractivity contribution in [3.8, 4) is 0 Å². The van der Waals surface area contributed by atoms with Crippen molar-refractivity contribution < 1.29 is 4.92 Å². The summed E-state index contributed by atoms with van der Waals surface area (Å²) in [5.41, 5.74) is 2.23. The molecule has 0 aliphatic rings. The highest BCUT2D eigenvalue weighted by atomic mass is 32.1. The Balaban J connectivity index is 2.03. The molecule has 0 radical (unpaired) electrons. The minimum absolute atomic E-state index is 0.201. The molecule has 0 aliphatic carbocycles. The molecule has 0 saturated carbocycles. The molecule has 2 aromatic rings. The lowest BCUT2D eigenvalue weighted by Gasteiger charge is -2.21. The van der Waals surface area contributed by atoms with E-state index in [9.17, 15) is 10.1 Å². The van der Waals surface area contributed by atoms with Gasteiger partial charge in [0.25, 0.3) is 0 Å². The molecule has 4 nitrogen and oxygen atoms in total. The Morgan fingerprint density at radius 3 is 2.57 bits per heavy atom. The van der Waals surface area contributed by atoms with Crippen molar-refractivity contribution in [3.63, 3.8) is 0 Å². The Morgan fingerprint density at radius 2 is 2.00 bits per heavy atom. The summed E-state index contributed by atoms with van der Waals surface area (Å²) < 4.78 is 0.